The number of para-hydroxylation sites is 2. The predicted octanol–water partition coefficient (Wildman–Crippen LogP) is 11.9. The third-order valence-corrected chi connectivity index (χ3v) is 11.2. The van der Waals surface area contributed by atoms with Gasteiger partial charge in [0.05, 0.1) is 27.6 Å². The normalized spacial score (nSPS) is 14.8. The van der Waals surface area contributed by atoms with Gasteiger partial charge < -0.3 is 13.6 Å². The second-order valence-electron chi connectivity index (χ2n) is 14.0. The molecule has 6 aromatic carbocycles. The Morgan fingerprint density at radius 2 is 1.42 bits per heavy atom. The van der Waals surface area contributed by atoms with Crippen LogP contribution in [0, 0.1) is 0 Å². The first-order valence-electron chi connectivity index (χ1n) is 17.0. The van der Waals surface area contributed by atoms with Gasteiger partial charge >= 0.3 is 0 Å². The first-order valence-corrected chi connectivity index (χ1v) is 17.0. The summed E-state index contributed by atoms with van der Waals surface area (Å²) < 4.78 is 11.7. The van der Waals surface area contributed by atoms with Gasteiger partial charge in [0.1, 0.15) is 11.2 Å². The largest absolute Gasteiger partial charge is 0.455 e. The summed E-state index contributed by atoms with van der Waals surface area (Å²) in [6.45, 7) is 4.74. The van der Waals surface area contributed by atoms with Gasteiger partial charge in [0.2, 0.25) is 0 Å². The van der Waals surface area contributed by atoms with Crippen LogP contribution in [-0.2, 0) is 11.8 Å². The number of fused-ring (bicyclic) bond motifs is 13. The molecule has 0 saturated carbocycles. The first kappa shape index (κ1) is 26.3. The Kier molecular flexibility index (Phi) is 5.02. The van der Waals surface area contributed by atoms with Crippen molar-refractivity contribution >= 4 is 60.7 Å². The number of allylic oxidation sites excluding steroid dienone is 1. The minimum atomic E-state index is -0.0824. The number of aromatic nitrogens is 2. The molecule has 228 valence electrons. The zero-order chi connectivity index (χ0) is 31.7. The minimum Gasteiger partial charge on any atom is -0.455 e. The van der Waals surface area contributed by atoms with E-state index >= 15 is 0 Å². The summed E-state index contributed by atoms with van der Waals surface area (Å²) in [6.07, 6.45) is 6.64. The summed E-state index contributed by atoms with van der Waals surface area (Å²) in [5, 5.41) is 6.10. The number of furan rings is 1. The average Bonchev–Trinajstić information content (AvgIpc) is 3.83. The molecule has 0 bridgehead atoms. The molecular weight excluding hydrogens is 585 g/mol. The molecule has 0 atom stereocenters. The lowest BCUT2D eigenvalue weighted by molar-refractivity contribution is 0.661. The zero-order valence-corrected chi connectivity index (χ0v) is 26.9. The van der Waals surface area contributed by atoms with Gasteiger partial charge in [0.25, 0.3) is 0 Å². The maximum absolute atomic E-state index is 6.65. The van der Waals surface area contributed by atoms with Gasteiger partial charge in [-0.2, -0.15) is 0 Å². The monoisotopic (exact) mass is 616 g/mol. The molecular formula is C45H32N2O. The third-order valence-electron chi connectivity index (χ3n) is 11.2. The molecule has 0 saturated heterocycles. The van der Waals surface area contributed by atoms with Crippen LogP contribution in [0.4, 0.5) is 0 Å². The first-order chi connectivity index (χ1) is 23.6. The van der Waals surface area contributed by atoms with Crippen molar-refractivity contribution in [3.8, 4) is 22.5 Å². The van der Waals surface area contributed by atoms with Crippen LogP contribution in [0.2, 0.25) is 0 Å². The standard InChI is InChI=1S/C45H32N2O/c1-45(2)34-18-9-6-15-28(34)32-25-33-40(26-35(32)45)46(27-13-4-3-5-14-27)37-20-12-21-38(42(33)37)47-36-19-10-7-17-31(36)43-39(47)24-23-30-29-16-8-11-22-41(29)48-44(30)43/h3-9,11-18,20-26H,10,19H2,1-2H3. The van der Waals surface area contributed by atoms with Crippen molar-refractivity contribution in [2.45, 2.75) is 32.1 Å². The molecule has 0 unspecified atom stereocenters. The highest BCUT2D eigenvalue weighted by molar-refractivity contribution is 6.19. The summed E-state index contributed by atoms with van der Waals surface area (Å²) in [5.41, 5.74) is 16.0. The number of hydrogen-bond donors (Lipinski definition) is 0. The Morgan fingerprint density at radius 1 is 0.604 bits per heavy atom. The van der Waals surface area contributed by atoms with Crippen LogP contribution in [0.1, 0.15) is 42.7 Å². The Bertz CT molecular complexity index is 2860. The molecule has 3 nitrogen and oxygen atoms in total. The van der Waals surface area contributed by atoms with Crippen LogP contribution >= 0.6 is 0 Å². The Labute approximate surface area is 277 Å². The maximum atomic E-state index is 6.65. The van der Waals surface area contributed by atoms with E-state index < -0.39 is 0 Å². The van der Waals surface area contributed by atoms with Crippen LogP contribution in [0.25, 0.3) is 83.2 Å². The fourth-order valence-electron chi connectivity index (χ4n) is 9.04. The molecule has 0 radical (unpaired) electrons. The van der Waals surface area contributed by atoms with E-state index in [0.29, 0.717) is 0 Å². The number of hydrogen-bond acceptors (Lipinski definition) is 1. The Morgan fingerprint density at radius 3 is 2.33 bits per heavy atom. The molecule has 0 amide bonds. The maximum Gasteiger partial charge on any atom is 0.145 e. The predicted molar refractivity (Wildman–Crippen MR) is 200 cm³/mol. The van der Waals surface area contributed by atoms with Crippen molar-refractivity contribution < 1.29 is 4.42 Å². The highest BCUT2D eigenvalue weighted by Crippen LogP contribution is 2.52. The quantitative estimate of drug-likeness (QED) is 0.189. The minimum absolute atomic E-state index is 0.0824. The van der Waals surface area contributed by atoms with Crippen LogP contribution in [0.5, 0.6) is 0 Å². The molecule has 3 aromatic heterocycles. The SMILES string of the molecule is CC1(C)c2ccccc2-c2cc3c4c(-n5c6c(c7c8oc9ccccc9c8ccc75)C=CCC6)cccc4n(-c4ccccc4)c3cc21. The van der Waals surface area contributed by atoms with Crippen molar-refractivity contribution in [2.75, 3.05) is 0 Å². The smallest absolute Gasteiger partial charge is 0.145 e. The van der Waals surface area contributed by atoms with Crippen molar-refractivity contribution in [3.05, 3.63) is 150 Å². The van der Waals surface area contributed by atoms with E-state index in [-0.39, 0.29) is 5.41 Å². The molecule has 0 aliphatic heterocycles. The van der Waals surface area contributed by atoms with Crippen LogP contribution in [0.15, 0.2) is 132 Å². The highest BCUT2D eigenvalue weighted by atomic mass is 16.3. The Balaban J connectivity index is 1.31. The van der Waals surface area contributed by atoms with Gasteiger partial charge in [-0.25, -0.2) is 0 Å². The molecule has 2 aliphatic carbocycles. The van der Waals surface area contributed by atoms with E-state index in [9.17, 15) is 0 Å². The van der Waals surface area contributed by atoms with Crippen LogP contribution in [0.3, 0.4) is 0 Å². The van der Waals surface area contributed by atoms with Gasteiger partial charge in [0.15, 0.2) is 0 Å². The third kappa shape index (κ3) is 3.23. The summed E-state index contributed by atoms with van der Waals surface area (Å²) in [5.74, 6) is 0. The molecule has 0 spiro atoms. The van der Waals surface area contributed by atoms with Gasteiger partial charge in [-0.3, -0.25) is 0 Å². The van der Waals surface area contributed by atoms with E-state index in [0.717, 1.165) is 24.0 Å². The fraction of sp³-hybridized carbons (Fsp3) is 0.111. The number of nitrogens with zero attached hydrogens (tertiary/aromatic N) is 2. The van der Waals surface area contributed by atoms with Gasteiger partial charge in [-0.15, -0.1) is 0 Å². The topological polar surface area (TPSA) is 23.0 Å². The molecule has 3 heteroatoms. The van der Waals surface area contributed by atoms with E-state index in [1.807, 2.05) is 0 Å². The highest BCUT2D eigenvalue weighted by Gasteiger charge is 2.36. The number of benzene rings is 6. The molecule has 2 aliphatic rings. The lowest BCUT2D eigenvalue weighted by Gasteiger charge is -2.21. The number of rotatable bonds is 2. The molecule has 3 heterocycles. The molecule has 0 N–H and O–H groups in total. The van der Waals surface area contributed by atoms with E-state index in [1.165, 1.54) is 88.4 Å². The summed E-state index contributed by atoms with van der Waals surface area (Å²) >= 11 is 0. The summed E-state index contributed by atoms with van der Waals surface area (Å²) in [7, 11) is 0. The van der Waals surface area contributed by atoms with Gasteiger partial charge in [-0.05, 0) is 89.7 Å². The van der Waals surface area contributed by atoms with E-state index in [2.05, 4.69) is 156 Å². The zero-order valence-electron chi connectivity index (χ0n) is 26.9. The lowest BCUT2D eigenvalue weighted by Crippen LogP contribution is -2.14. The fourth-order valence-corrected chi connectivity index (χ4v) is 9.04. The second kappa shape index (κ2) is 9.17. The van der Waals surface area contributed by atoms with Gasteiger partial charge in [-0.1, -0.05) is 92.7 Å². The van der Waals surface area contributed by atoms with Crippen molar-refractivity contribution in [2.24, 2.45) is 0 Å². The average molecular weight is 617 g/mol. The van der Waals surface area contributed by atoms with E-state index in [4.69, 9.17) is 4.42 Å². The van der Waals surface area contributed by atoms with Crippen molar-refractivity contribution in [3.63, 3.8) is 0 Å². The molecule has 9 aromatic rings. The molecule has 11 rings (SSSR count). The summed E-state index contributed by atoms with van der Waals surface area (Å²) in [4.78, 5) is 0. The Hall–Kier alpha value is -5.80. The van der Waals surface area contributed by atoms with Crippen molar-refractivity contribution in [1.29, 1.82) is 0 Å². The van der Waals surface area contributed by atoms with Crippen LogP contribution in [-0.4, -0.2) is 9.13 Å². The summed E-state index contributed by atoms with van der Waals surface area (Å²) in [6, 6.07) is 44.6. The van der Waals surface area contributed by atoms with Crippen molar-refractivity contribution in [1.82, 2.24) is 9.13 Å². The second-order valence-corrected chi connectivity index (χ2v) is 14.0. The lowest BCUT2D eigenvalue weighted by atomic mass is 9.82. The van der Waals surface area contributed by atoms with Gasteiger partial charge in [0, 0.05) is 43.9 Å². The van der Waals surface area contributed by atoms with Crippen LogP contribution < -0.4 is 0 Å². The molecule has 0 fully saturated rings. The molecule has 48 heavy (non-hydrogen) atoms. The van der Waals surface area contributed by atoms with E-state index in [1.54, 1.807) is 0 Å².